The van der Waals surface area contributed by atoms with Crippen LogP contribution >= 0.6 is 0 Å². The lowest BCUT2D eigenvalue weighted by molar-refractivity contribution is 0.377. The fraction of sp³-hybridized carbons (Fsp3) is 0.600. The predicted molar refractivity (Wildman–Crippen MR) is 95.2 cm³/mol. The highest BCUT2D eigenvalue weighted by atomic mass is 14.5. The SMILES string of the molecule is CC1=C(/C=C/C(C)=C/C=C/C(C)CCN)C(C)(C)CCC1. The van der Waals surface area contributed by atoms with Crippen LogP contribution < -0.4 is 5.73 Å². The standard InChI is InChI=1S/C20H33N/c1-16(8-6-9-17(2)13-15-21)11-12-19-18(3)10-7-14-20(19,4)5/h6,8-9,11-12,17H,7,10,13-15,21H2,1-5H3/b9-6+,12-11+,16-8+. The van der Waals surface area contributed by atoms with Gasteiger partial charge in [-0.3, -0.25) is 0 Å². The fourth-order valence-electron chi connectivity index (χ4n) is 3.04. The summed E-state index contributed by atoms with van der Waals surface area (Å²) in [6.45, 7) is 12.2. The molecule has 118 valence electrons. The summed E-state index contributed by atoms with van der Waals surface area (Å²) in [6, 6.07) is 0. The second-order valence-electron chi connectivity index (χ2n) is 7.11. The van der Waals surface area contributed by atoms with Gasteiger partial charge in [0.15, 0.2) is 0 Å². The van der Waals surface area contributed by atoms with Crippen molar-refractivity contribution in [1.29, 1.82) is 0 Å². The van der Waals surface area contributed by atoms with Crippen molar-refractivity contribution in [2.75, 3.05) is 6.54 Å². The predicted octanol–water partition coefficient (Wildman–Crippen LogP) is 5.56. The number of hydrogen-bond donors (Lipinski definition) is 1. The minimum Gasteiger partial charge on any atom is -0.330 e. The molecular formula is C20H33N. The average molecular weight is 287 g/mol. The van der Waals surface area contributed by atoms with Gasteiger partial charge >= 0.3 is 0 Å². The van der Waals surface area contributed by atoms with Gasteiger partial charge in [-0.25, -0.2) is 0 Å². The van der Waals surface area contributed by atoms with Crippen molar-refractivity contribution in [3.8, 4) is 0 Å². The molecule has 1 aliphatic rings. The Hall–Kier alpha value is -1.08. The first-order valence-corrected chi connectivity index (χ1v) is 8.30. The van der Waals surface area contributed by atoms with Crippen molar-refractivity contribution < 1.29 is 0 Å². The quantitative estimate of drug-likeness (QED) is 0.636. The molecule has 0 aromatic carbocycles. The van der Waals surface area contributed by atoms with Crippen molar-refractivity contribution in [2.45, 2.75) is 60.3 Å². The maximum Gasteiger partial charge on any atom is -0.00718 e. The zero-order valence-electron chi connectivity index (χ0n) is 14.6. The summed E-state index contributed by atoms with van der Waals surface area (Å²) in [5.74, 6) is 0.560. The van der Waals surface area contributed by atoms with Gasteiger partial charge in [0, 0.05) is 0 Å². The number of nitrogens with two attached hydrogens (primary N) is 1. The maximum atomic E-state index is 5.56. The molecule has 21 heavy (non-hydrogen) atoms. The highest BCUT2D eigenvalue weighted by Gasteiger charge is 2.26. The molecule has 1 unspecified atom stereocenters. The van der Waals surface area contributed by atoms with Crippen LogP contribution in [0.3, 0.4) is 0 Å². The first-order chi connectivity index (χ1) is 9.86. The first-order valence-electron chi connectivity index (χ1n) is 8.30. The topological polar surface area (TPSA) is 26.0 Å². The molecule has 0 aromatic heterocycles. The third kappa shape index (κ3) is 6.05. The summed E-state index contributed by atoms with van der Waals surface area (Å²) < 4.78 is 0. The van der Waals surface area contributed by atoms with Crippen LogP contribution in [0, 0.1) is 11.3 Å². The molecule has 0 amide bonds. The molecule has 0 aliphatic heterocycles. The molecule has 0 fully saturated rings. The molecule has 0 aromatic rings. The summed E-state index contributed by atoms with van der Waals surface area (Å²) >= 11 is 0. The Balaban J connectivity index is 2.71. The van der Waals surface area contributed by atoms with E-state index < -0.39 is 0 Å². The van der Waals surface area contributed by atoms with Crippen molar-refractivity contribution in [3.05, 3.63) is 47.1 Å². The molecule has 0 saturated carbocycles. The Bertz CT molecular complexity index is 446. The van der Waals surface area contributed by atoms with Gasteiger partial charge in [0.2, 0.25) is 0 Å². The molecule has 1 heteroatoms. The van der Waals surface area contributed by atoms with E-state index in [4.69, 9.17) is 5.73 Å². The third-order valence-electron chi connectivity index (χ3n) is 4.48. The van der Waals surface area contributed by atoms with Gasteiger partial charge in [-0.2, -0.15) is 0 Å². The van der Waals surface area contributed by atoms with E-state index in [-0.39, 0.29) is 0 Å². The Kier molecular flexibility index (Phi) is 7.17. The Labute approximate surface area is 131 Å². The first kappa shape index (κ1) is 18.0. The number of allylic oxidation sites excluding steroid dienone is 8. The van der Waals surface area contributed by atoms with E-state index in [1.807, 2.05) is 0 Å². The van der Waals surface area contributed by atoms with Gasteiger partial charge in [-0.05, 0) is 63.0 Å². The van der Waals surface area contributed by atoms with Gasteiger partial charge in [-0.1, -0.05) is 62.3 Å². The molecule has 0 spiro atoms. The molecule has 0 saturated heterocycles. The van der Waals surface area contributed by atoms with Crippen molar-refractivity contribution >= 4 is 0 Å². The van der Waals surface area contributed by atoms with Gasteiger partial charge in [0.25, 0.3) is 0 Å². The summed E-state index contributed by atoms with van der Waals surface area (Å²) in [6.07, 6.45) is 16.1. The van der Waals surface area contributed by atoms with E-state index in [2.05, 4.69) is 65.0 Å². The summed E-state index contributed by atoms with van der Waals surface area (Å²) in [7, 11) is 0. The Morgan fingerprint density at radius 2 is 2.10 bits per heavy atom. The van der Waals surface area contributed by atoms with E-state index in [9.17, 15) is 0 Å². The largest absolute Gasteiger partial charge is 0.330 e. The lowest BCUT2D eigenvalue weighted by Crippen LogP contribution is -2.19. The van der Waals surface area contributed by atoms with Crippen LogP contribution in [0.2, 0.25) is 0 Å². The Morgan fingerprint density at radius 1 is 1.38 bits per heavy atom. The minimum atomic E-state index is 0.324. The number of rotatable bonds is 6. The van der Waals surface area contributed by atoms with Gasteiger partial charge in [0.05, 0.1) is 0 Å². The van der Waals surface area contributed by atoms with Crippen molar-refractivity contribution in [3.63, 3.8) is 0 Å². The molecule has 1 aliphatic carbocycles. The summed E-state index contributed by atoms with van der Waals surface area (Å²) in [4.78, 5) is 0. The average Bonchev–Trinajstić information content (AvgIpc) is 2.37. The van der Waals surface area contributed by atoms with Crippen LogP contribution in [0.1, 0.15) is 60.3 Å². The fourth-order valence-corrected chi connectivity index (χ4v) is 3.04. The van der Waals surface area contributed by atoms with E-state index in [0.29, 0.717) is 11.3 Å². The van der Waals surface area contributed by atoms with Crippen molar-refractivity contribution in [2.24, 2.45) is 17.1 Å². The zero-order valence-corrected chi connectivity index (χ0v) is 14.6. The number of hydrogen-bond acceptors (Lipinski definition) is 1. The molecule has 1 nitrogen and oxygen atoms in total. The second kappa shape index (κ2) is 8.38. The van der Waals surface area contributed by atoms with Crippen LogP contribution in [0.4, 0.5) is 0 Å². The lowest BCUT2D eigenvalue weighted by Gasteiger charge is -2.32. The van der Waals surface area contributed by atoms with Crippen LogP contribution in [0.15, 0.2) is 47.1 Å². The third-order valence-corrected chi connectivity index (χ3v) is 4.48. The van der Waals surface area contributed by atoms with E-state index >= 15 is 0 Å². The molecule has 1 rings (SSSR count). The summed E-state index contributed by atoms with van der Waals surface area (Å²) in [5.41, 5.74) is 10.3. The smallest absolute Gasteiger partial charge is 0.00718 e. The molecule has 0 bridgehead atoms. The lowest BCUT2D eigenvalue weighted by atomic mass is 9.72. The van der Waals surface area contributed by atoms with Crippen LogP contribution in [0.25, 0.3) is 0 Å². The Morgan fingerprint density at radius 3 is 2.71 bits per heavy atom. The van der Waals surface area contributed by atoms with E-state index in [1.165, 1.54) is 30.4 Å². The molecule has 0 heterocycles. The van der Waals surface area contributed by atoms with E-state index in [0.717, 1.165) is 13.0 Å². The van der Waals surface area contributed by atoms with Crippen molar-refractivity contribution in [1.82, 2.24) is 0 Å². The van der Waals surface area contributed by atoms with Crippen LogP contribution in [-0.2, 0) is 0 Å². The minimum absolute atomic E-state index is 0.324. The van der Waals surface area contributed by atoms with Crippen LogP contribution in [-0.4, -0.2) is 6.54 Å². The molecule has 0 radical (unpaired) electrons. The molecule has 1 atom stereocenters. The molecular weight excluding hydrogens is 254 g/mol. The highest BCUT2D eigenvalue weighted by molar-refractivity contribution is 5.36. The molecule has 2 N–H and O–H groups in total. The van der Waals surface area contributed by atoms with Crippen LogP contribution in [0.5, 0.6) is 0 Å². The zero-order chi connectivity index (χ0) is 15.9. The van der Waals surface area contributed by atoms with Gasteiger partial charge in [-0.15, -0.1) is 0 Å². The summed E-state index contributed by atoms with van der Waals surface area (Å²) in [5, 5.41) is 0. The maximum absolute atomic E-state index is 5.56. The monoisotopic (exact) mass is 287 g/mol. The van der Waals surface area contributed by atoms with Gasteiger partial charge < -0.3 is 5.73 Å². The van der Waals surface area contributed by atoms with Gasteiger partial charge in [0.1, 0.15) is 0 Å². The van der Waals surface area contributed by atoms with E-state index in [1.54, 1.807) is 5.57 Å². The second-order valence-corrected chi connectivity index (χ2v) is 7.11. The normalized spacial score (nSPS) is 21.5. The highest BCUT2D eigenvalue weighted by Crippen LogP contribution is 2.40.